The van der Waals surface area contributed by atoms with E-state index in [1.807, 2.05) is 6.07 Å². The van der Waals surface area contributed by atoms with Crippen LogP contribution >= 0.6 is 0 Å². The Kier molecular flexibility index (Phi) is 3.93. The van der Waals surface area contributed by atoms with Crippen molar-refractivity contribution < 1.29 is 5.11 Å². The highest BCUT2D eigenvalue weighted by Gasteiger charge is 2.25. The maximum absolute atomic E-state index is 9.14. The van der Waals surface area contributed by atoms with Gasteiger partial charge in [0.05, 0.1) is 0 Å². The normalized spacial score (nSPS) is 26.9. The summed E-state index contributed by atoms with van der Waals surface area (Å²) in [6, 6.07) is 10.6. The molecule has 1 fully saturated rings. The van der Waals surface area contributed by atoms with Gasteiger partial charge in [-0.2, -0.15) is 0 Å². The SMILES string of the molecule is N[C@H]1CN(Cc2ccccc2)CC[C@H]1CO. The Morgan fingerprint density at radius 1 is 1.31 bits per heavy atom. The predicted molar refractivity (Wildman–Crippen MR) is 64.9 cm³/mol. The molecule has 3 nitrogen and oxygen atoms in total. The van der Waals surface area contributed by atoms with Crippen LogP contribution in [0.25, 0.3) is 0 Å². The van der Waals surface area contributed by atoms with Crippen LogP contribution in [0.1, 0.15) is 12.0 Å². The topological polar surface area (TPSA) is 49.5 Å². The fourth-order valence-electron chi connectivity index (χ4n) is 2.31. The minimum atomic E-state index is 0.113. The number of rotatable bonds is 3. The van der Waals surface area contributed by atoms with Gasteiger partial charge in [-0.15, -0.1) is 0 Å². The summed E-state index contributed by atoms with van der Waals surface area (Å²) in [6.45, 7) is 3.11. The van der Waals surface area contributed by atoms with E-state index in [0.717, 1.165) is 26.1 Å². The monoisotopic (exact) mass is 220 g/mol. The van der Waals surface area contributed by atoms with Gasteiger partial charge in [0.1, 0.15) is 0 Å². The van der Waals surface area contributed by atoms with Crippen molar-refractivity contribution in [3.05, 3.63) is 35.9 Å². The van der Waals surface area contributed by atoms with Crippen LogP contribution in [0.15, 0.2) is 30.3 Å². The average Bonchev–Trinajstić information content (AvgIpc) is 2.31. The molecule has 16 heavy (non-hydrogen) atoms. The first-order valence-corrected chi connectivity index (χ1v) is 5.92. The van der Waals surface area contributed by atoms with Crippen molar-refractivity contribution in [3.63, 3.8) is 0 Å². The van der Waals surface area contributed by atoms with Gasteiger partial charge in [0.25, 0.3) is 0 Å². The number of benzene rings is 1. The van der Waals surface area contributed by atoms with Crippen molar-refractivity contribution in [2.75, 3.05) is 19.7 Å². The van der Waals surface area contributed by atoms with E-state index in [9.17, 15) is 0 Å². The average molecular weight is 220 g/mol. The Labute approximate surface area is 96.9 Å². The zero-order valence-electron chi connectivity index (χ0n) is 9.55. The van der Waals surface area contributed by atoms with Crippen molar-refractivity contribution in [2.45, 2.75) is 19.0 Å². The lowest BCUT2D eigenvalue weighted by Gasteiger charge is -2.35. The fraction of sp³-hybridized carbons (Fsp3) is 0.538. The molecule has 0 amide bonds. The van der Waals surface area contributed by atoms with Crippen LogP contribution in [0.5, 0.6) is 0 Å². The quantitative estimate of drug-likeness (QED) is 0.793. The highest BCUT2D eigenvalue weighted by molar-refractivity contribution is 5.14. The number of aliphatic hydroxyl groups excluding tert-OH is 1. The smallest absolute Gasteiger partial charge is 0.0475 e. The predicted octanol–water partition coefficient (Wildman–Crippen LogP) is 0.828. The molecule has 1 aromatic carbocycles. The molecule has 0 aliphatic carbocycles. The first-order chi connectivity index (χ1) is 7.79. The molecular weight excluding hydrogens is 200 g/mol. The van der Waals surface area contributed by atoms with Gasteiger partial charge in [0.15, 0.2) is 0 Å². The molecule has 1 aliphatic heterocycles. The highest BCUT2D eigenvalue weighted by Crippen LogP contribution is 2.17. The molecular formula is C13H20N2O. The summed E-state index contributed by atoms with van der Waals surface area (Å²) in [7, 11) is 0. The van der Waals surface area contributed by atoms with E-state index in [2.05, 4.69) is 29.2 Å². The molecule has 2 atom stereocenters. The second kappa shape index (κ2) is 5.43. The summed E-state index contributed by atoms with van der Waals surface area (Å²) in [4.78, 5) is 2.37. The van der Waals surface area contributed by atoms with E-state index < -0.39 is 0 Å². The molecule has 1 heterocycles. The van der Waals surface area contributed by atoms with E-state index in [1.54, 1.807) is 0 Å². The van der Waals surface area contributed by atoms with Gasteiger partial charge in [-0.1, -0.05) is 30.3 Å². The lowest BCUT2D eigenvalue weighted by molar-refractivity contribution is 0.107. The number of nitrogens with zero attached hydrogens (tertiary/aromatic N) is 1. The molecule has 0 aromatic heterocycles. The van der Waals surface area contributed by atoms with Crippen molar-refractivity contribution in [3.8, 4) is 0 Å². The number of piperidine rings is 1. The molecule has 1 aliphatic rings. The summed E-state index contributed by atoms with van der Waals surface area (Å²) < 4.78 is 0. The van der Waals surface area contributed by atoms with Crippen molar-refractivity contribution in [1.29, 1.82) is 0 Å². The van der Waals surface area contributed by atoms with Crippen molar-refractivity contribution >= 4 is 0 Å². The van der Waals surface area contributed by atoms with Gasteiger partial charge in [0.2, 0.25) is 0 Å². The minimum absolute atomic E-state index is 0.113. The van der Waals surface area contributed by atoms with Gasteiger partial charge < -0.3 is 10.8 Å². The van der Waals surface area contributed by atoms with Crippen molar-refractivity contribution in [2.24, 2.45) is 11.7 Å². The standard InChI is InChI=1S/C13H20N2O/c14-13-9-15(7-6-12(13)10-16)8-11-4-2-1-3-5-11/h1-5,12-13,16H,6-10,14H2/t12-,13-/m0/s1. The Hall–Kier alpha value is -0.900. The van der Waals surface area contributed by atoms with E-state index in [1.165, 1.54) is 5.56 Å². The fourth-order valence-corrected chi connectivity index (χ4v) is 2.31. The number of nitrogens with two attached hydrogens (primary N) is 1. The molecule has 3 heteroatoms. The van der Waals surface area contributed by atoms with Crippen LogP contribution in [0, 0.1) is 5.92 Å². The molecule has 0 spiro atoms. The van der Waals surface area contributed by atoms with E-state index >= 15 is 0 Å². The number of aliphatic hydroxyl groups is 1. The van der Waals surface area contributed by atoms with Gasteiger partial charge in [-0.3, -0.25) is 4.90 Å². The van der Waals surface area contributed by atoms with Crippen LogP contribution in [0.2, 0.25) is 0 Å². The third-order valence-electron chi connectivity index (χ3n) is 3.37. The van der Waals surface area contributed by atoms with Crippen LogP contribution in [0.4, 0.5) is 0 Å². The summed E-state index contributed by atoms with van der Waals surface area (Å²) >= 11 is 0. The van der Waals surface area contributed by atoms with Gasteiger partial charge in [-0.25, -0.2) is 0 Å². The van der Waals surface area contributed by atoms with E-state index in [4.69, 9.17) is 10.8 Å². The summed E-state index contributed by atoms with van der Waals surface area (Å²) in [6.07, 6.45) is 1.00. The molecule has 0 bridgehead atoms. The van der Waals surface area contributed by atoms with Crippen molar-refractivity contribution in [1.82, 2.24) is 4.90 Å². The number of hydrogen-bond donors (Lipinski definition) is 2. The minimum Gasteiger partial charge on any atom is -0.396 e. The van der Waals surface area contributed by atoms with Crippen LogP contribution in [-0.4, -0.2) is 35.7 Å². The zero-order valence-corrected chi connectivity index (χ0v) is 9.55. The Morgan fingerprint density at radius 3 is 2.69 bits per heavy atom. The van der Waals surface area contributed by atoms with Crippen LogP contribution < -0.4 is 5.73 Å². The number of hydrogen-bond acceptors (Lipinski definition) is 3. The number of likely N-dealkylation sites (tertiary alicyclic amines) is 1. The lowest BCUT2D eigenvalue weighted by atomic mass is 9.93. The zero-order chi connectivity index (χ0) is 11.4. The second-order valence-corrected chi connectivity index (χ2v) is 4.62. The van der Waals surface area contributed by atoms with E-state index in [0.29, 0.717) is 0 Å². The molecule has 0 unspecified atom stereocenters. The maximum Gasteiger partial charge on any atom is 0.0475 e. The molecule has 0 radical (unpaired) electrons. The third kappa shape index (κ3) is 2.82. The van der Waals surface area contributed by atoms with Crippen LogP contribution in [0.3, 0.4) is 0 Å². The summed E-state index contributed by atoms with van der Waals surface area (Å²) in [5, 5.41) is 9.14. The first kappa shape index (κ1) is 11.6. The Morgan fingerprint density at radius 2 is 2.06 bits per heavy atom. The highest BCUT2D eigenvalue weighted by atomic mass is 16.3. The maximum atomic E-state index is 9.14. The lowest BCUT2D eigenvalue weighted by Crippen LogP contribution is -2.49. The first-order valence-electron chi connectivity index (χ1n) is 5.92. The van der Waals surface area contributed by atoms with E-state index in [-0.39, 0.29) is 18.6 Å². The molecule has 0 saturated carbocycles. The van der Waals surface area contributed by atoms with Gasteiger partial charge in [-0.05, 0) is 24.4 Å². The molecule has 3 N–H and O–H groups in total. The second-order valence-electron chi connectivity index (χ2n) is 4.62. The van der Waals surface area contributed by atoms with Gasteiger partial charge in [0, 0.05) is 25.7 Å². The molecule has 1 aromatic rings. The third-order valence-corrected chi connectivity index (χ3v) is 3.37. The van der Waals surface area contributed by atoms with Crippen LogP contribution in [-0.2, 0) is 6.54 Å². The van der Waals surface area contributed by atoms with Gasteiger partial charge >= 0.3 is 0 Å². The summed E-state index contributed by atoms with van der Waals surface area (Å²) in [5.41, 5.74) is 7.36. The Bertz CT molecular complexity index is 315. The largest absolute Gasteiger partial charge is 0.396 e. The summed E-state index contributed by atoms with van der Waals surface area (Å²) in [5.74, 6) is 0.284. The molecule has 1 saturated heterocycles. The molecule has 88 valence electrons. The Balaban J connectivity index is 1.89. The molecule has 2 rings (SSSR count).